The van der Waals surface area contributed by atoms with Crippen molar-refractivity contribution in [3.63, 3.8) is 0 Å². The number of rotatable bonds is 5. The lowest BCUT2D eigenvalue weighted by Gasteiger charge is -2.22. The van der Waals surface area contributed by atoms with Gasteiger partial charge in [0.1, 0.15) is 11.6 Å². The van der Waals surface area contributed by atoms with Gasteiger partial charge in [0.25, 0.3) is 0 Å². The van der Waals surface area contributed by atoms with Crippen LogP contribution >= 0.6 is 11.8 Å². The maximum absolute atomic E-state index is 13.4. The fraction of sp³-hybridized carbons (Fsp3) is 0.316. The summed E-state index contributed by atoms with van der Waals surface area (Å²) in [4.78, 5) is 14.5. The summed E-state index contributed by atoms with van der Waals surface area (Å²) in [5.41, 5.74) is 3.00. The second kappa shape index (κ2) is 7.26. The fourth-order valence-corrected chi connectivity index (χ4v) is 3.98. The Hall–Kier alpha value is -2.01. The summed E-state index contributed by atoms with van der Waals surface area (Å²) in [5, 5.41) is 0. The van der Waals surface area contributed by atoms with E-state index in [1.807, 2.05) is 23.1 Å². The Bertz CT molecular complexity index is 750. The number of nitrogens with zero attached hydrogens (tertiary/aromatic N) is 1. The molecule has 126 valence electrons. The van der Waals surface area contributed by atoms with Crippen molar-refractivity contribution in [3.8, 4) is 5.75 Å². The van der Waals surface area contributed by atoms with Crippen LogP contribution in [0.2, 0.25) is 0 Å². The van der Waals surface area contributed by atoms with Crippen LogP contribution < -0.4 is 9.64 Å². The molecule has 2 aromatic carbocycles. The Labute approximate surface area is 145 Å². The second-order valence-electron chi connectivity index (χ2n) is 5.89. The van der Waals surface area contributed by atoms with Gasteiger partial charge in [-0.25, -0.2) is 4.39 Å². The molecule has 0 unspecified atom stereocenters. The van der Waals surface area contributed by atoms with Gasteiger partial charge >= 0.3 is 0 Å². The standard InChI is InChI=1S/C19H20FNO2S/c1-13-9-14-5-3-4-6-17(14)21(13)19(22)12-24-11-15-10-16(20)7-8-18(15)23-2/h3-8,10,13H,9,11-12H2,1-2H3/t13-/m0/s1. The number of methoxy groups -OCH3 is 1. The largest absolute Gasteiger partial charge is 0.496 e. The first-order chi connectivity index (χ1) is 11.6. The molecule has 0 radical (unpaired) electrons. The molecule has 0 aromatic heterocycles. The Balaban J connectivity index is 1.64. The summed E-state index contributed by atoms with van der Waals surface area (Å²) in [6.07, 6.45) is 0.893. The minimum Gasteiger partial charge on any atom is -0.496 e. The van der Waals surface area contributed by atoms with Crippen molar-refractivity contribution in [1.29, 1.82) is 0 Å². The summed E-state index contributed by atoms with van der Waals surface area (Å²) in [7, 11) is 1.56. The smallest absolute Gasteiger partial charge is 0.237 e. The maximum Gasteiger partial charge on any atom is 0.237 e. The highest BCUT2D eigenvalue weighted by Gasteiger charge is 2.30. The molecule has 1 aliphatic rings. The number of fused-ring (bicyclic) bond motifs is 1. The summed E-state index contributed by atoms with van der Waals surface area (Å²) in [5.74, 6) is 1.35. The molecule has 0 saturated heterocycles. The zero-order chi connectivity index (χ0) is 17.1. The molecule has 2 aromatic rings. The van der Waals surface area contributed by atoms with E-state index in [0.29, 0.717) is 17.3 Å². The molecule has 1 aliphatic heterocycles. The number of hydrogen-bond acceptors (Lipinski definition) is 3. The molecule has 0 N–H and O–H groups in total. The van der Waals surface area contributed by atoms with Crippen LogP contribution in [0.3, 0.4) is 0 Å². The van der Waals surface area contributed by atoms with Gasteiger partial charge in [0, 0.05) is 23.0 Å². The SMILES string of the molecule is COc1ccc(F)cc1CSCC(=O)N1c2ccccc2C[C@@H]1C. The maximum atomic E-state index is 13.4. The van der Waals surface area contributed by atoms with Crippen molar-refractivity contribution in [3.05, 3.63) is 59.4 Å². The van der Waals surface area contributed by atoms with Crippen molar-refractivity contribution in [2.75, 3.05) is 17.8 Å². The number of carbonyl (C=O) groups is 1. The van der Waals surface area contributed by atoms with Gasteiger partial charge in [-0.15, -0.1) is 11.8 Å². The van der Waals surface area contributed by atoms with E-state index in [9.17, 15) is 9.18 Å². The molecule has 0 saturated carbocycles. The summed E-state index contributed by atoms with van der Waals surface area (Å²) in [6.45, 7) is 2.07. The van der Waals surface area contributed by atoms with E-state index in [-0.39, 0.29) is 17.8 Å². The highest BCUT2D eigenvalue weighted by Crippen LogP contribution is 2.32. The number of hydrogen-bond donors (Lipinski definition) is 0. The van der Waals surface area contributed by atoms with E-state index in [2.05, 4.69) is 13.0 Å². The molecule has 24 heavy (non-hydrogen) atoms. The van der Waals surface area contributed by atoms with Crippen LogP contribution in [-0.4, -0.2) is 24.8 Å². The molecular formula is C19H20FNO2S. The van der Waals surface area contributed by atoms with E-state index < -0.39 is 0 Å². The predicted octanol–water partition coefficient (Wildman–Crippen LogP) is 4.05. The highest BCUT2D eigenvalue weighted by molar-refractivity contribution is 7.99. The zero-order valence-electron chi connectivity index (χ0n) is 13.8. The molecule has 1 amide bonds. The summed E-state index contributed by atoms with van der Waals surface area (Å²) in [6, 6.07) is 12.7. The van der Waals surface area contributed by atoms with E-state index in [1.165, 1.54) is 29.5 Å². The Morgan fingerprint density at radius 2 is 2.12 bits per heavy atom. The molecule has 0 fully saturated rings. The van der Waals surface area contributed by atoms with Crippen LogP contribution in [0.1, 0.15) is 18.1 Å². The van der Waals surface area contributed by atoms with Crippen LogP contribution in [0.5, 0.6) is 5.75 Å². The van der Waals surface area contributed by atoms with Gasteiger partial charge in [-0.3, -0.25) is 4.79 Å². The van der Waals surface area contributed by atoms with Gasteiger partial charge in [-0.2, -0.15) is 0 Å². The van der Waals surface area contributed by atoms with Crippen LogP contribution in [0.25, 0.3) is 0 Å². The van der Waals surface area contributed by atoms with Gasteiger partial charge in [0.05, 0.1) is 12.9 Å². The number of benzene rings is 2. The Morgan fingerprint density at radius 3 is 2.92 bits per heavy atom. The average Bonchev–Trinajstić information content (AvgIpc) is 2.90. The number of ether oxygens (including phenoxy) is 1. The zero-order valence-corrected chi connectivity index (χ0v) is 14.6. The second-order valence-corrected chi connectivity index (χ2v) is 6.88. The third kappa shape index (κ3) is 3.41. The first kappa shape index (κ1) is 16.8. The van der Waals surface area contributed by atoms with Crippen molar-refractivity contribution in [2.45, 2.75) is 25.1 Å². The van der Waals surface area contributed by atoms with Crippen molar-refractivity contribution >= 4 is 23.4 Å². The fourth-order valence-electron chi connectivity index (χ4n) is 3.12. The number of anilines is 1. The third-order valence-corrected chi connectivity index (χ3v) is 5.17. The first-order valence-corrected chi connectivity index (χ1v) is 9.05. The topological polar surface area (TPSA) is 29.5 Å². The van der Waals surface area contributed by atoms with Gasteiger partial charge in [-0.05, 0) is 43.2 Å². The molecule has 0 bridgehead atoms. The van der Waals surface area contributed by atoms with Crippen molar-refractivity contribution in [1.82, 2.24) is 0 Å². The summed E-state index contributed by atoms with van der Waals surface area (Å²) >= 11 is 1.48. The van der Waals surface area contributed by atoms with E-state index in [1.54, 1.807) is 13.2 Å². The molecule has 1 atom stereocenters. The monoisotopic (exact) mass is 345 g/mol. The minimum atomic E-state index is -0.292. The van der Waals surface area contributed by atoms with E-state index in [0.717, 1.165) is 17.7 Å². The predicted molar refractivity (Wildman–Crippen MR) is 96.2 cm³/mol. The van der Waals surface area contributed by atoms with E-state index in [4.69, 9.17) is 4.74 Å². The lowest BCUT2D eigenvalue weighted by molar-refractivity contribution is -0.116. The van der Waals surface area contributed by atoms with Gasteiger partial charge in [-0.1, -0.05) is 18.2 Å². The molecular weight excluding hydrogens is 325 g/mol. The highest BCUT2D eigenvalue weighted by atomic mass is 32.2. The number of thioether (sulfide) groups is 1. The quantitative estimate of drug-likeness (QED) is 0.819. The number of carbonyl (C=O) groups excluding carboxylic acids is 1. The summed E-state index contributed by atoms with van der Waals surface area (Å²) < 4.78 is 18.6. The van der Waals surface area contributed by atoms with Crippen molar-refractivity contribution < 1.29 is 13.9 Å². The van der Waals surface area contributed by atoms with Gasteiger partial charge < -0.3 is 9.64 Å². The van der Waals surface area contributed by atoms with Crippen LogP contribution in [0, 0.1) is 5.82 Å². The lowest BCUT2D eigenvalue weighted by atomic mass is 10.1. The number of amides is 1. The van der Waals surface area contributed by atoms with E-state index >= 15 is 0 Å². The van der Waals surface area contributed by atoms with Crippen LogP contribution in [-0.2, 0) is 17.0 Å². The molecule has 0 spiro atoms. The number of halogens is 1. The first-order valence-electron chi connectivity index (χ1n) is 7.90. The molecule has 1 heterocycles. The molecule has 0 aliphatic carbocycles. The molecule has 3 nitrogen and oxygen atoms in total. The number of para-hydroxylation sites is 1. The third-order valence-electron chi connectivity index (χ3n) is 4.20. The molecule has 5 heteroatoms. The van der Waals surface area contributed by atoms with Crippen molar-refractivity contribution in [2.24, 2.45) is 0 Å². The lowest BCUT2D eigenvalue weighted by Crippen LogP contribution is -2.37. The Kier molecular flexibility index (Phi) is 5.09. The average molecular weight is 345 g/mol. The van der Waals surface area contributed by atoms with Gasteiger partial charge in [0.2, 0.25) is 5.91 Å². The normalized spacial score (nSPS) is 16.1. The minimum absolute atomic E-state index is 0.0906. The van der Waals surface area contributed by atoms with Gasteiger partial charge in [0.15, 0.2) is 0 Å². The molecule has 3 rings (SSSR count). The Morgan fingerprint density at radius 1 is 1.33 bits per heavy atom. The van der Waals surface area contributed by atoms with Crippen LogP contribution in [0.4, 0.5) is 10.1 Å². The van der Waals surface area contributed by atoms with Crippen LogP contribution in [0.15, 0.2) is 42.5 Å².